The van der Waals surface area contributed by atoms with Crippen LogP contribution in [0.2, 0.25) is 0 Å². The summed E-state index contributed by atoms with van der Waals surface area (Å²) in [4.78, 5) is 27.0. The van der Waals surface area contributed by atoms with Gasteiger partial charge in [0.1, 0.15) is 5.75 Å². The second-order valence-corrected chi connectivity index (χ2v) is 7.79. The van der Waals surface area contributed by atoms with Crippen molar-refractivity contribution in [2.24, 2.45) is 11.8 Å². The second kappa shape index (κ2) is 10.7. The molecule has 1 heterocycles. The van der Waals surface area contributed by atoms with Crippen LogP contribution in [0.15, 0.2) is 54.6 Å². The molecule has 2 N–H and O–H groups in total. The van der Waals surface area contributed by atoms with Gasteiger partial charge in [0.2, 0.25) is 5.91 Å². The number of carbonyl (C=O) groups excluding carboxylic acids is 2. The Labute approximate surface area is 178 Å². The molecule has 0 bridgehead atoms. The largest absolute Gasteiger partial charge is 0.497 e. The number of benzene rings is 2. The van der Waals surface area contributed by atoms with E-state index in [2.05, 4.69) is 17.6 Å². The van der Waals surface area contributed by atoms with Gasteiger partial charge in [0, 0.05) is 31.7 Å². The van der Waals surface area contributed by atoms with Gasteiger partial charge >= 0.3 is 6.03 Å². The number of hydrogen-bond donors (Lipinski definition) is 2. The molecule has 6 heteroatoms. The fourth-order valence-electron chi connectivity index (χ4n) is 3.97. The summed E-state index contributed by atoms with van der Waals surface area (Å²) in [7, 11) is 1.64. The standard InChI is InChI=1S/C24H31N3O3/c1-3-19-17-27(24(29)26-21-7-5-4-6-8-21)14-13-20(19)15-23(28)25-16-18-9-11-22(30-2)12-10-18/h4-12,19-20H,3,13-17H2,1-2H3,(H,25,28)(H,26,29)/t19-,20+/m1/s1. The number of methoxy groups -OCH3 is 1. The lowest BCUT2D eigenvalue weighted by atomic mass is 9.81. The van der Waals surface area contributed by atoms with Crippen LogP contribution in [0, 0.1) is 11.8 Å². The van der Waals surface area contributed by atoms with Gasteiger partial charge in [-0.3, -0.25) is 4.79 Å². The van der Waals surface area contributed by atoms with E-state index in [9.17, 15) is 9.59 Å². The highest BCUT2D eigenvalue weighted by Crippen LogP contribution is 2.29. The summed E-state index contributed by atoms with van der Waals surface area (Å²) in [5, 5.41) is 5.98. The fraction of sp³-hybridized carbons (Fsp3) is 0.417. The van der Waals surface area contributed by atoms with Gasteiger partial charge in [-0.15, -0.1) is 0 Å². The van der Waals surface area contributed by atoms with Crippen molar-refractivity contribution in [1.82, 2.24) is 10.2 Å². The van der Waals surface area contributed by atoms with Crippen molar-refractivity contribution in [3.05, 3.63) is 60.2 Å². The van der Waals surface area contributed by atoms with Crippen molar-refractivity contribution in [1.29, 1.82) is 0 Å². The molecule has 3 rings (SSSR count). The maximum absolute atomic E-state index is 12.6. The second-order valence-electron chi connectivity index (χ2n) is 7.79. The normalized spacial score (nSPS) is 18.5. The summed E-state index contributed by atoms with van der Waals surface area (Å²) in [5.74, 6) is 1.49. The van der Waals surface area contributed by atoms with Crippen LogP contribution in [0.5, 0.6) is 5.75 Å². The van der Waals surface area contributed by atoms with Crippen LogP contribution < -0.4 is 15.4 Å². The van der Waals surface area contributed by atoms with E-state index in [4.69, 9.17) is 4.74 Å². The zero-order chi connectivity index (χ0) is 21.3. The van der Waals surface area contributed by atoms with Crippen LogP contribution in [-0.2, 0) is 11.3 Å². The van der Waals surface area contributed by atoms with E-state index in [1.165, 1.54) is 0 Å². The summed E-state index contributed by atoms with van der Waals surface area (Å²) in [6, 6.07) is 17.1. The first-order valence-electron chi connectivity index (χ1n) is 10.6. The lowest BCUT2D eigenvalue weighted by Gasteiger charge is -2.38. The molecule has 0 aromatic heterocycles. The maximum Gasteiger partial charge on any atom is 0.321 e. The zero-order valence-electron chi connectivity index (χ0n) is 17.8. The minimum atomic E-state index is -0.0675. The highest BCUT2D eigenvalue weighted by molar-refractivity contribution is 5.89. The Bertz CT molecular complexity index is 823. The number of rotatable bonds is 7. The number of piperidine rings is 1. The van der Waals surface area contributed by atoms with Crippen molar-refractivity contribution < 1.29 is 14.3 Å². The van der Waals surface area contributed by atoms with E-state index < -0.39 is 0 Å². The number of carbonyl (C=O) groups is 2. The first-order chi connectivity index (χ1) is 14.6. The van der Waals surface area contributed by atoms with Crippen molar-refractivity contribution in [3.63, 3.8) is 0 Å². The van der Waals surface area contributed by atoms with Gasteiger partial charge in [-0.2, -0.15) is 0 Å². The molecule has 6 nitrogen and oxygen atoms in total. The molecular formula is C24H31N3O3. The quantitative estimate of drug-likeness (QED) is 0.717. The van der Waals surface area contributed by atoms with Crippen molar-refractivity contribution in [3.8, 4) is 5.75 Å². The van der Waals surface area contributed by atoms with Gasteiger partial charge in [-0.25, -0.2) is 4.79 Å². The van der Waals surface area contributed by atoms with E-state index in [0.29, 0.717) is 37.9 Å². The number of hydrogen-bond acceptors (Lipinski definition) is 3. The highest BCUT2D eigenvalue weighted by Gasteiger charge is 2.31. The lowest BCUT2D eigenvalue weighted by Crippen LogP contribution is -2.46. The Morgan fingerprint density at radius 1 is 1.07 bits per heavy atom. The molecule has 3 amide bonds. The van der Waals surface area contributed by atoms with E-state index in [1.807, 2.05) is 59.5 Å². The number of anilines is 1. The van der Waals surface area contributed by atoms with Crippen LogP contribution in [0.3, 0.4) is 0 Å². The number of amides is 3. The van der Waals surface area contributed by atoms with E-state index in [-0.39, 0.29) is 11.9 Å². The Balaban J connectivity index is 1.47. The number of ether oxygens (including phenoxy) is 1. The summed E-state index contributed by atoms with van der Waals surface area (Å²) in [6.45, 7) is 4.00. The van der Waals surface area contributed by atoms with Crippen molar-refractivity contribution in [2.45, 2.75) is 32.7 Å². The van der Waals surface area contributed by atoms with Gasteiger partial charge in [0.25, 0.3) is 0 Å². The number of nitrogens with zero attached hydrogens (tertiary/aromatic N) is 1. The third-order valence-electron chi connectivity index (χ3n) is 5.82. The molecule has 2 aromatic rings. The van der Waals surface area contributed by atoms with Crippen molar-refractivity contribution in [2.75, 3.05) is 25.5 Å². The zero-order valence-corrected chi connectivity index (χ0v) is 17.8. The molecule has 160 valence electrons. The van der Waals surface area contributed by atoms with Gasteiger partial charge in [-0.05, 0) is 48.1 Å². The molecule has 1 saturated heterocycles. The first-order valence-corrected chi connectivity index (χ1v) is 10.6. The third kappa shape index (κ3) is 5.99. The molecule has 1 aliphatic rings. The predicted molar refractivity (Wildman–Crippen MR) is 118 cm³/mol. The molecule has 0 saturated carbocycles. The Kier molecular flexibility index (Phi) is 7.71. The van der Waals surface area contributed by atoms with E-state index in [0.717, 1.165) is 29.8 Å². The van der Waals surface area contributed by atoms with Gasteiger partial charge in [0.05, 0.1) is 7.11 Å². The van der Waals surface area contributed by atoms with E-state index >= 15 is 0 Å². The topological polar surface area (TPSA) is 70.7 Å². The van der Waals surface area contributed by atoms with Crippen LogP contribution in [0.1, 0.15) is 31.7 Å². The predicted octanol–water partition coefficient (Wildman–Crippen LogP) is 4.28. The summed E-state index contributed by atoms with van der Waals surface area (Å²) >= 11 is 0. The fourth-order valence-corrected chi connectivity index (χ4v) is 3.97. The Morgan fingerprint density at radius 3 is 2.47 bits per heavy atom. The molecular weight excluding hydrogens is 378 g/mol. The molecule has 2 atom stereocenters. The SMILES string of the molecule is CC[C@@H]1CN(C(=O)Nc2ccccc2)CC[C@H]1CC(=O)NCc1ccc(OC)cc1. The van der Waals surface area contributed by atoms with Crippen LogP contribution in [0.25, 0.3) is 0 Å². The van der Waals surface area contributed by atoms with Crippen LogP contribution in [0.4, 0.5) is 10.5 Å². The van der Waals surface area contributed by atoms with Crippen LogP contribution >= 0.6 is 0 Å². The Hall–Kier alpha value is -3.02. The average molecular weight is 410 g/mol. The van der Waals surface area contributed by atoms with Gasteiger partial charge in [-0.1, -0.05) is 43.7 Å². The molecule has 30 heavy (non-hydrogen) atoms. The summed E-state index contributed by atoms with van der Waals surface area (Å²) in [6.07, 6.45) is 2.30. The minimum Gasteiger partial charge on any atom is -0.497 e. The number of para-hydroxylation sites is 1. The molecule has 0 aliphatic carbocycles. The van der Waals surface area contributed by atoms with E-state index in [1.54, 1.807) is 7.11 Å². The average Bonchev–Trinajstić information content (AvgIpc) is 2.79. The van der Waals surface area contributed by atoms with Crippen molar-refractivity contribution >= 4 is 17.6 Å². The first kappa shape index (κ1) is 21.7. The number of nitrogens with one attached hydrogen (secondary N) is 2. The van der Waals surface area contributed by atoms with Crippen LogP contribution in [-0.4, -0.2) is 37.0 Å². The minimum absolute atomic E-state index is 0.0662. The maximum atomic E-state index is 12.6. The van der Waals surface area contributed by atoms with Gasteiger partial charge < -0.3 is 20.3 Å². The summed E-state index contributed by atoms with van der Waals surface area (Å²) < 4.78 is 5.16. The Morgan fingerprint density at radius 2 is 1.80 bits per heavy atom. The number of likely N-dealkylation sites (tertiary alicyclic amines) is 1. The molecule has 1 fully saturated rings. The molecule has 2 aromatic carbocycles. The third-order valence-corrected chi connectivity index (χ3v) is 5.82. The highest BCUT2D eigenvalue weighted by atomic mass is 16.5. The molecule has 1 aliphatic heterocycles. The summed E-state index contributed by atoms with van der Waals surface area (Å²) in [5.41, 5.74) is 1.85. The molecule has 0 spiro atoms. The molecule has 0 radical (unpaired) electrons. The monoisotopic (exact) mass is 409 g/mol. The molecule has 0 unspecified atom stereocenters. The lowest BCUT2D eigenvalue weighted by molar-refractivity contribution is -0.123. The van der Waals surface area contributed by atoms with Gasteiger partial charge in [0.15, 0.2) is 0 Å². The smallest absolute Gasteiger partial charge is 0.321 e. The number of urea groups is 1.